The van der Waals surface area contributed by atoms with Crippen molar-refractivity contribution in [3.63, 3.8) is 0 Å². The predicted octanol–water partition coefficient (Wildman–Crippen LogP) is 4.07. The second kappa shape index (κ2) is 8.50. The number of carbonyl (C=O) groups excluding carboxylic acids is 2. The van der Waals surface area contributed by atoms with Gasteiger partial charge < -0.3 is 10.1 Å². The summed E-state index contributed by atoms with van der Waals surface area (Å²) < 4.78 is 5.00. The van der Waals surface area contributed by atoms with Gasteiger partial charge >= 0.3 is 5.97 Å². The molecule has 0 spiro atoms. The van der Waals surface area contributed by atoms with E-state index in [1.165, 1.54) is 0 Å². The molecule has 2 rings (SSSR count). The zero-order chi connectivity index (χ0) is 17.5. The molecule has 24 heavy (non-hydrogen) atoms. The second-order valence-corrected chi connectivity index (χ2v) is 5.83. The lowest BCUT2D eigenvalue weighted by atomic mass is 10.0. The van der Waals surface area contributed by atoms with Crippen LogP contribution in [0.4, 0.5) is 0 Å². The summed E-state index contributed by atoms with van der Waals surface area (Å²) in [7, 11) is 0. The first-order valence-electron chi connectivity index (χ1n) is 7.79. The Labute approximate surface area is 146 Å². The van der Waals surface area contributed by atoms with Crippen LogP contribution in [0.5, 0.6) is 0 Å². The van der Waals surface area contributed by atoms with Crippen molar-refractivity contribution in [1.82, 2.24) is 5.32 Å². The molecule has 1 N–H and O–H groups in total. The van der Waals surface area contributed by atoms with Crippen LogP contribution in [0.2, 0.25) is 5.02 Å². The fourth-order valence-electron chi connectivity index (χ4n) is 2.33. The molecule has 0 aliphatic heterocycles. The molecule has 2 aromatic rings. The zero-order valence-corrected chi connectivity index (χ0v) is 14.5. The van der Waals surface area contributed by atoms with Gasteiger partial charge in [0.2, 0.25) is 0 Å². The molecule has 0 heterocycles. The number of esters is 1. The first kappa shape index (κ1) is 18.0. The van der Waals surface area contributed by atoms with E-state index in [9.17, 15) is 9.59 Å². The van der Waals surface area contributed by atoms with Gasteiger partial charge in [-0.25, -0.2) is 0 Å². The zero-order valence-electron chi connectivity index (χ0n) is 13.7. The van der Waals surface area contributed by atoms with Crippen molar-refractivity contribution >= 4 is 23.5 Å². The van der Waals surface area contributed by atoms with Crippen molar-refractivity contribution in [2.45, 2.75) is 26.3 Å². The summed E-state index contributed by atoms with van der Waals surface area (Å²) in [4.78, 5) is 24.4. The molecule has 0 saturated heterocycles. The van der Waals surface area contributed by atoms with Crippen LogP contribution in [-0.4, -0.2) is 18.5 Å². The summed E-state index contributed by atoms with van der Waals surface area (Å²) >= 11 is 6.23. The fraction of sp³-hybridized carbons (Fsp3) is 0.263. The first-order chi connectivity index (χ1) is 11.5. The van der Waals surface area contributed by atoms with Crippen molar-refractivity contribution in [2.75, 3.05) is 6.61 Å². The van der Waals surface area contributed by atoms with E-state index in [-0.39, 0.29) is 18.3 Å². The summed E-state index contributed by atoms with van der Waals surface area (Å²) in [6.45, 7) is 3.99. The van der Waals surface area contributed by atoms with Gasteiger partial charge in [0.25, 0.3) is 5.91 Å². The molecule has 5 heteroatoms. The van der Waals surface area contributed by atoms with Crippen LogP contribution in [-0.2, 0) is 9.53 Å². The molecule has 0 radical (unpaired) electrons. The Kier molecular flexibility index (Phi) is 6.38. The van der Waals surface area contributed by atoms with Crippen LogP contribution in [0.15, 0.2) is 48.5 Å². The van der Waals surface area contributed by atoms with E-state index in [4.69, 9.17) is 16.3 Å². The van der Waals surface area contributed by atoms with Crippen molar-refractivity contribution in [3.8, 4) is 0 Å². The van der Waals surface area contributed by atoms with Crippen LogP contribution < -0.4 is 5.32 Å². The lowest BCUT2D eigenvalue weighted by Gasteiger charge is -2.19. The average molecular weight is 346 g/mol. The smallest absolute Gasteiger partial charge is 0.308 e. The molecule has 2 aromatic carbocycles. The third kappa shape index (κ3) is 4.83. The van der Waals surface area contributed by atoms with E-state index >= 15 is 0 Å². The van der Waals surface area contributed by atoms with Gasteiger partial charge in [-0.15, -0.1) is 0 Å². The molecule has 4 nitrogen and oxygen atoms in total. The van der Waals surface area contributed by atoms with Gasteiger partial charge in [-0.1, -0.05) is 47.5 Å². The highest BCUT2D eigenvalue weighted by molar-refractivity contribution is 6.31. The first-order valence-corrected chi connectivity index (χ1v) is 8.16. The van der Waals surface area contributed by atoms with Crippen molar-refractivity contribution < 1.29 is 14.3 Å². The maximum absolute atomic E-state index is 12.5. The Balaban J connectivity index is 2.22. The van der Waals surface area contributed by atoms with E-state index in [0.29, 0.717) is 22.8 Å². The highest BCUT2D eigenvalue weighted by Crippen LogP contribution is 2.26. The van der Waals surface area contributed by atoms with Crippen LogP contribution in [0.25, 0.3) is 0 Å². The van der Waals surface area contributed by atoms with Gasteiger partial charge in [0.05, 0.1) is 19.1 Å². The minimum atomic E-state index is -0.549. The summed E-state index contributed by atoms with van der Waals surface area (Å²) in [5, 5.41) is 3.37. The highest BCUT2D eigenvalue weighted by Gasteiger charge is 2.21. The molecule has 1 atom stereocenters. The van der Waals surface area contributed by atoms with Crippen molar-refractivity contribution in [2.24, 2.45) is 0 Å². The highest BCUT2D eigenvalue weighted by atomic mass is 35.5. The summed E-state index contributed by atoms with van der Waals surface area (Å²) in [5.41, 5.74) is 2.29. The van der Waals surface area contributed by atoms with Crippen LogP contribution in [0, 0.1) is 6.92 Å². The second-order valence-electron chi connectivity index (χ2n) is 5.42. The van der Waals surface area contributed by atoms with Gasteiger partial charge in [-0.05, 0) is 37.6 Å². The van der Waals surface area contributed by atoms with E-state index in [0.717, 1.165) is 5.56 Å². The maximum Gasteiger partial charge on any atom is 0.308 e. The van der Waals surface area contributed by atoms with Gasteiger partial charge in [0.1, 0.15) is 0 Å². The van der Waals surface area contributed by atoms with E-state index in [1.54, 1.807) is 37.3 Å². The molecule has 0 aliphatic carbocycles. The number of carbonyl (C=O) groups is 2. The van der Waals surface area contributed by atoms with Crippen LogP contribution >= 0.6 is 11.6 Å². The molecule has 0 aliphatic rings. The van der Waals surface area contributed by atoms with Crippen LogP contribution in [0.3, 0.4) is 0 Å². The minimum absolute atomic E-state index is 0.0230. The summed E-state index contributed by atoms with van der Waals surface area (Å²) in [6, 6.07) is 13.8. The fourth-order valence-corrected chi connectivity index (χ4v) is 2.60. The summed E-state index contributed by atoms with van der Waals surface area (Å²) in [6.07, 6.45) is 0.0230. The van der Waals surface area contributed by atoms with Gasteiger partial charge in [-0.3, -0.25) is 9.59 Å². The minimum Gasteiger partial charge on any atom is -0.466 e. The van der Waals surface area contributed by atoms with Crippen molar-refractivity contribution in [1.29, 1.82) is 0 Å². The number of hydrogen-bond acceptors (Lipinski definition) is 3. The molecule has 1 amide bonds. The normalized spacial score (nSPS) is 11.6. The summed E-state index contributed by atoms with van der Waals surface area (Å²) in [5.74, 6) is -0.643. The Morgan fingerprint density at radius 1 is 1.12 bits per heavy atom. The Morgan fingerprint density at radius 3 is 2.42 bits per heavy atom. The molecule has 0 aromatic heterocycles. The van der Waals surface area contributed by atoms with Gasteiger partial charge in [0, 0.05) is 10.6 Å². The molecule has 0 bridgehead atoms. The Bertz CT molecular complexity index is 713. The average Bonchev–Trinajstić information content (AvgIpc) is 2.55. The number of ether oxygens (including phenoxy) is 1. The largest absolute Gasteiger partial charge is 0.466 e. The quantitative estimate of drug-likeness (QED) is 0.803. The molecule has 0 saturated carbocycles. The number of benzene rings is 2. The van der Waals surface area contributed by atoms with Gasteiger partial charge in [0.15, 0.2) is 0 Å². The third-order valence-corrected chi connectivity index (χ3v) is 3.92. The number of nitrogens with one attached hydrogen (secondary N) is 1. The molecular weight excluding hydrogens is 326 g/mol. The Morgan fingerprint density at radius 2 is 1.79 bits per heavy atom. The van der Waals surface area contributed by atoms with E-state index in [1.807, 2.05) is 25.1 Å². The van der Waals surface area contributed by atoms with Crippen LogP contribution in [0.1, 0.15) is 40.9 Å². The number of aryl methyl sites for hydroxylation is 1. The topological polar surface area (TPSA) is 55.4 Å². The number of hydrogen-bond donors (Lipinski definition) is 1. The number of rotatable bonds is 6. The maximum atomic E-state index is 12.5. The standard InChI is InChI=1S/C19H20ClNO3/c1-3-24-18(22)12-17(15-6-4-5-7-16(15)20)21-19(23)14-10-8-13(2)9-11-14/h4-11,17H,3,12H2,1-2H3,(H,21,23)/t17-/m0/s1. The number of amides is 1. The lowest BCUT2D eigenvalue weighted by molar-refractivity contribution is -0.143. The van der Waals surface area contributed by atoms with E-state index in [2.05, 4.69) is 5.32 Å². The van der Waals surface area contributed by atoms with E-state index < -0.39 is 6.04 Å². The lowest BCUT2D eigenvalue weighted by Crippen LogP contribution is -2.30. The molecule has 0 unspecified atom stereocenters. The number of halogens is 1. The molecular formula is C19H20ClNO3. The predicted molar refractivity (Wildman–Crippen MR) is 94.1 cm³/mol. The third-order valence-electron chi connectivity index (χ3n) is 3.58. The van der Waals surface area contributed by atoms with Gasteiger partial charge in [-0.2, -0.15) is 0 Å². The SMILES string of the molecule is CCOC(=O)C[C@H](NC(=O)c1ccc(C)cc1)c1ccccc1Cl. The monoisotopic (exact) mass is 345 g/mol. The van der Waals surface area contributed by atoms with Crippen molar-refractivity contribution in [3.05, 3.63) is 70.2 Å². The Hall–Kier alpha value is -2.33. The molecule has 126 valence electrons. The molecule has 0 fully saturated rings.